The number of carboxylic acid groups (broad SMARTS) is 2. The number of carbonyl (C=O) groups is 17. The topological polar surface area (TPSA) is 552 Å². The van der Waals surface area contributed by atoms with Gasteiger partial charge in [0, 0.05) is 102 Å². The molecule has 3 saturated heterocycles. The molecule has 9 rings (SSSR count). The van der Waals surface area contributed by atoms with Crippen molar-refractivity contribution in [2.75, 3.05) is 72.0 Å². The van der Waals surface area contributed by atoms with Gasteiger partial charge in [-0.15, -0.1) is 11.8 Å². The van der Waals surface area contributed by atoms with Crippen molar-refractivity contribution in [2.24, 2.45) is 17.4 Å². The van der Waals surface area contributed by atoms with Crippen LogP contribution in [0.3, 0.4) is 0 Å². The Kier molecular flexibility index (Phi) is 37.6. The molecule has 4 heterocycles. The number of nitrogens with zero attached hydrogens (tertiary/aromatic N) is 5. The minimum atomic E-state index is -2.00. The van der Waals surface area contributed by atoms with Gasteiger partial charge < -0.3 is 109 Å². The zero-order valence-electron chi connectivity index (χ0n) is 74.0. The Hall–Kier alpha value is -13.6. The van der Waals surface area contributed by atoms with Gasteiger partial charge in [0.2, 0.25) is 88.6 Å². The Morgan fingerprint density at radius 2 is 1.11 bits per heavy atom. The predicted molar refractivity (Wildman–Crippen MR) is 472 cm³/mol. The molecule has 3 fully saturated rings. The molecular weight excluding hydrogens is 1760 g/mol. The highest BCUT2D eigenvalue weighted by Gasteiger charge is 2.46. The maximum Gasteiger partial charge on any atom is 0.305 e. The molecule has 15 amide bonds. The summed E-state index contributed by atoms with van der Waals surface area (Å²) in [6.07, 6.45) is -2.85. The number of para-hydroxylation sites is 1. The van der Waals surface area contributed by atoms with Crippen molar-refractivity contribution >= 4 is 123 Å². The third-order valence-corrected chi connectivity index (χ3v) is 24.2. The Morgan fingerprint density at radius 3 is 1.75 bits per heavy atom. The van der Waals surface area contributed by atoms with Gasteiger partial charge in [0.05, 0.1) is 31.9 Å². The Balaban J connectivity index is 1.13. The first kappa shape index (κ1) is 103. The van der Waals surface area contributed by atoms with Crippen molar-refractivity contribution in [3.8, 4) is 5.75 Å². The van der Waals surface area contributed by atoms with Gasteiger partial charge in [-0.25, -0.2) is 17.6 Å². The fourth-order valence-corrected chi connectivity index (χ4v) is 16.6. The number of rotatable bonds is 23. The molecule has 5 aromatic carbocycles. The van der Waals surface area contributed by atoms with E-state index >= 15 is 51.9 Å². The van der Waals surface area contributed by atoms with Crippen LogP contribution in [0.4, 0.5) is 17.6 Å². The number of aromatic nitrogens is 1. The molecule has 0 spiro atoms. The van der Waals surface area contributed by atoms with Crippen LogP contribution in [0.25, 0.3) is 10.9 Å². The quantitative estimate of drug-likeness (QED) is 0.0297. The summed E-state index contributed by atoms with van der Waals surface area (Å²) in [5.74, 6) is -27.7. The number of benzene rings is 5. The van der Waals surface area contributed by atoms with E-state index < -0.39 is 290 Å². The molecule has 0 aliphatic carbocycles. The number of likely N-dealkylation sites (N-methyl/N-ethyl adjacent to an activating group) is 3. The van der Waals surface area contributed by atoms with Crippen LogP contribution in [0, 0.1) is 29.2 Å². The second-order valence-corrected chi connectivity index (χ2v) is 34.1. The second kappa shape index (κ2) is 48.5. The number of hydrogen-bond donors (Lipinski definition) is 15. The Morgan fingerprint density at radius 1 is 0.549 bits per heavy atom. The number of halogens is 4. The number of morpholine rings is 1. The molecule has 0 bridgehead atoms. The summed E-state index contributed by atoms with van der Waals surface area (Å²) in [4.78, 5) is 257. The zero-order valence-corrected chi connectivity index (χ0v) is 74.8. The van der Waals surface area contributed by atoms with Crippen LogP contribution in [-0.2, 0) is 118 Å². The van der Waals surface area contributed by atoms with E-state index in [2.05, 4.69) is 52.8 Å². The average Bonchev–Trinajstić information content (AvgIpc) is 1.42. The summed E-state index contributed by atoms with van der Waals surface area (Å²) in [7, 11) is 3.52. The monoisotopic (exact) mass is 1870 g/mol. The van der Waals surface area contributed by atoms with E-state index in [9.17, 15) is 62.5 Å². The summed E-state index contributed by atoms with van der Waals surface area (Å²) < 4.78 is 65.4. The zero-order chi connectivity index (χ0) is 97.2. The normalized spacial score (nSPS) is 23.6. The standard InChI is InChI=1S/C90H111F4N17O21S/c1-7-8-19-68-89(130)110-31-14-20-67(110)83(124)103-63(41-75(117)118)81(122)106-77(48(2)3)90(131)108(5)69(38-49-15-10-9-11-16-49)84(125)100-60(29-30-74(115)116)87(128)111-32-33-132-45-71(111)85(126)102-62(40-53-43-97-59-18-13-12-17-56(53)59)80(121)101-61(36-50-23-27-55(112)28-24-50)79(120)104-65(42-95)82(123)105-66(78(119)98-44-72(96)113)46-133-47-73(114)99-64(37-52-34-57(92)76(94)58(93)35-52)86(127)109(6)70(88(129)107(68)4)39-51-21-25-54(91)26-22-51/h9-13,15-18,21-28,34-35,43,48,60-71,77,97,112H,7-8,14,19-20,29-33,36-42,44-47,95H2,1-6H3,(H2,96,113)(H,98,119)(H,99,114)(H,100,125)(H,101,121)(H,102,126)(H,103,124)(H,104,120)(H,105,123)(H,106,122)(H,115,116)(H,117,118)/t60-,61-,62+,63-,64-,65-,66-,67+,68-,69-,70-,71+,77+/m0/s1. The van der Waals surface area contributed by atoms with E-state index in [-0.39, 0.29) is 68.6 Å². The van der Waals surface area contributed by atoms with Gasteiger partial charge in [-0.3, -0.25) is 81.5 Å². The van der Waals surface area contributed by atoms with Gasteiger partial charge in [-0.1, -0.05) is 106 Å². The van der Waals surface area contributed by atoms with Crippen LogP contribution in [-0.4, -0.2) is 296 Å². The number of fused-ring (bicyclic) bond motifs is 3. The maximum absolute atomic E-state index is 15.6. The molecule has 17 N–H and O–H groups in total. The number of hydrogen-bond acceptors (Lipinski definition) is 21. The van der Waals surface area contributed by atoms with Crippen molar-refractivity contribution in [1.29, 1.82) is 0 Å². The van der Waals surface area contributed by atoms with E-state index in [1.807, 2.05) is 0 Å². The Labute approximate surface area is 766 Å². The number of unbranched alkanes of at least 4 members (excludes halogenated alkanes) is 1. The molecule has 3 aliphatic heterocycles. The highest BCUT2D eigenvalue weighted by molar-refractivity contribution is 8.00. The average molecular weight is 1880 g/mol. The summed E-state index contributed by atoms with van der Waals surface area (Å²) in [5, 5.41) is 54.0. The summed E-state index contributed by atoms with van der Waals surface area (Å²) >= 11 is 0.594. The van der Waals surface area contributed by atoms with E-state index in [0.717, 1.165) is 43.7 Å². The molecule has 0 saturated carbocycles. The lowest BCUT2D eigenvalue weighted by atomic mass is 9.98. The summed E-state index contributed by atoms with van der Waals surface area (Å²) in [6.45, 7) is 1.84. The molecule has 3 aliphatic rings. The maximum atomic E-state index is 15.6. The second-order valence-electron chi connectivity index (χ2n) is 33.1. The van der Waals surface area contributed by atoms with Crippen LogP contribution in [0.15, 0.2) is 121 Å². The molecule has 38 nitrogen and oxygen atoms in total. The number of nitrogens with two attached hydrogens (primary N) is 2. The molecule has 1 aromatic heterocycles. The van der Waals surface area contributed by atoms with E-state index in [1.54, 1.807) is 67.7 Å². The van der Waals surface area contributed by atoms with Crippen molar-refractivity contribution in [3.05, 3.63) is 173 Å². The molecule has 133 heavy (non-hydrogen) atoms. The molecule has 13 atom stereocenters. The minimum absolute atomic E-state index is 0.0956. The third-order valence-electron chi connectivity index (χ3n) is 23.1. The van der Waals surface area contributed by atoms with Gasteiger partial charge in [0.1, 0.15) is 90.1 Å². The smallest absolute Gasteiger partial charge is 0.305 e. The lowest BCUT2D eigenvalue weighted by Crippen LogP contribution is -2.64. The molecule has 0 unspecified atom stereocenters. The number of phenols is 1. The fourth-order valence-electron chi connectivity index (χ4n) is 15.8. The number of ether oxygens (including phenoxy) is 1. The number of primary amides is 1. The molecule has 716 valence electrons. The van der Waals surface area contributed by atoms with E-state index in [1.165, 1.54) is 64.3 Å². The number of aromatic hydroxyl groups is 1. The molecule has 0 radical (unpaired) electrons. The number of carbonyl (C=O) groups excluding carboxylic acids is 15. The van der Waals surface area contributed by atoms with Gasteiger partial charge in [0.25, 0.3) is 0 Å². The number of carboxylic acids is 2. The first-order chi connectivity index (χ1) is 63.2. The third kappa shape index (κ3) is 28.5. The van der Waals surface area contributed by atoms with Crippen LogP contribution < -0.4 is 59.3 Å². The van der Waals surface area contributed by atoms with Crippen molar-refractivity contribution in [3.63, 3.8) is 0 Å². The number of aromatic amines is 1. The molecule has 6 aromatic rings. The van der Waals surface area contributed by atoms with Crippen molar-refractivity contribution in [2.45, 2.75) is 183 Å². The number of nitrogens with one attached hydrogen (secondary N) is 10. The van der Waals surface area contributed by atoms with Crippen molar-refractivity contribution in [1.82, 2.24) is 77.3 Å². The number of amides is 15. The first-order valence-corrected chi connectivity index (χ1v) is 44.3. The SMILES string of the molecule is CCCC[C@H]1C(=O)N2CCC[C@@H]2C(=O)N[C@@H](CC(=O)O)C(=O)N[C@H](C(C)C)C(=O)N(C)[C@@H](Cc2ccccc2)C(=O)N[C@@H](CCC(=O)O)C(=O)N2CCOC[C@@H]2C(=O)N[C@H](Cc2c[nH]c3ccccc23)C(=O)N[C@@H](Cc2ccc(O)cc2)C(=O)N[C@@H](CN)C(=O)N[C@H](C(=O)NCC(N)=O)CSCC(=O)N[C@@H](Cc2cc(F)c(F)c(F)c2)C(=O)N(C)[C@@H](Cc2ccc(F)cc2)C(=O)N1C. The number of thioether (sulfide) groups is 1. The van der Waals surface area contributed by atoms with E-state index in [4.69, 9.17) is 16.2 Å². The van der Waals surface area contributed by atoms with Crippen molar-refractivity contribution < 1.29 is 119 Å². The fraction of sp³-hybridized carbons (Fsp3) is 0.456. The Bertz CT molecular complexity index is 5210. The van der Waals surface area contributed by atoms with Gasteiger partial charge in [-0.2, -0.15) is 0 Å². The number of H-pyrrole nitrogens is 1. The van der Waals surface area contributed by atoms with Crippen LogP contribution in [0.2, 0.25) is 0 Å². The van der Waals surface area contributed by atoms with Gasteiger partial charge in [-0.05, 0) is 102 Å². The lowest BCUT2D eigenvalue weighted by molar-refractivity contribution is -0.152. The largest absolute Gasteiger partial charge is 0.508 e. The molecule has 43 heteroatoms. The summed E-state index contributed by atoms with van der Waals surface area (Å²) in [5.41, 5.74) is 13.1. The number of phenolic OH excluding ortho intramolecular Hbond substituents is 1. The highest BCUT2D eigenvalue weighted by Crippen LogP contribution is 2.28. The van der Waals surface area contributed by atoms with Gasteiger partial charge >= 0.3 is 11.9 Å². The summed E-state index contributed by atoms with van der Waals surface area (Å²) in [6, 6.07) is 3.44. The van der Waals surface area contributed by atoms with Crippen LogP contribution >= 0.6 is 11.8 Å². The van der Waals surface area contributed by atoms with Crippen LogP contribution in [0.1, 0.15) is 100.0 Å². The van der Waals surface area contributed by atoms with Crippen LogP contribution in [0.5, 0.6) is 5.75 Å². The van der Waals surface area contributed by atoms with Gasteiger partial charge in [0.15, 0.2) is 17.5 Å². The minimum Gasteiger partial charge on any atom is -0.508 e. The number of aliphatic carboxylic acids is 2. The molecular formula is C90H111F4N17O21S. The lowest BCUT2D eigenvalue weighted by Gasteiger charge is -2.38. The highest BCUT2D eigenvalue weighted by atomic mass is 32.2. The van der Waals surface area contributed by atoms with E-state index in [0.29, 0.717) is 52.3 Å². The first-order valence-electron chi connectivity index (χ1n) is 43.2. The predicted octanol–water partition coefficient (Wildman–Crippen LogP) is 0.0137.